The van der Waals surface area contributed by atoms with Gasteiger partial charge in [-0.3, -0.25) is 9.69 Å². The number of aliphatic carboxylic acids is 1. The van der Waals surface area contributed by atoms with E-state index in [0.29, 0.717) is 19.4 Å². The van der Waals surface area contributed by atoms with Gasteiger partial charge in [0.1, 0.15) is 11.6 Å². The number of nitrogens with one attached hydrogen (secondary N) is 2. The normalized spacial score (nSPS) is 20.7. The fraction of sp³-hybridized carbons (Fsp3) is 0.529. The summed E-state index contributed by atoms with van der Waals surface area (Å²) in [4.78, 5) is 24.7. The zero-order valence-electron chi connectivity index (χ0n) is 14.3. The second-order valence-electron chi connectivity index (χ2n) is 6.28. The van der Waals surface area contributed by atoms with Crippen LogP contribution in [0.25, 0.3) is 0 Å². The molecule has 0 unspecified atom stereocenters. The van der Waals surface area contributed by atoms with E-state index in [1.165, 1.54) is 6.07 Å². The molecule has 2 rings (SSSR count). The third-order valence-electron chi connectivity index (χ3n) is 4.49. The molecule has 1 aliphatic carbocycles. The SMILES string of the molecule is CCN(CC(=O)O)C1CC(NC(=O)N[C@H](C)c2ccc(F)cc2F)C1. The number of likely N-dealkylation sites (N-methyl/N-ethyl adjacent to an activating group) is 1. The number of rotatable bonds is 7. The lowest BCUT2D eigenvalue weighted by molar-refractivity contribution is -0.139. The summed E-state index contributed by atoms with van der Waals surface area (Å²) in [6.45, 7) is 4.14. The average molecular weight is 355 g/mol. The molecule has 1 atom stereocenters. The molecule has 8 heteroatoms. The summed E-state index contributed by atoms with van der Waals surface area (Å²) in [5, 5.41) is 14.3. The van der Waals surface area contributed by atoms with Gasteiger partial charge < -0.3 is 15.7 Å². The fourth-order valence-corrected chi connectivity index (χ4v) is 3.03. The lowest BCUT2D eigenvalue weighted by atomic mass is 9.85. The molecule has 0 spiro atoms. The van der Waals surface area contributed by atoms with E-state index in [1.54, 1.807) is 6.92 Å². The average Bonchev–Trinajstić information content (AvgIpc) is 2.48. The Morgan fingerprint density at radius 3 is 2.60 bits per heavy atom. The summed E-state index contributed by atoms with van der Waals surface area (Å²) in [6.07, 6.45) is 1.35. The van der Waals surface area contributed by atoms with Gasteiger partial charge in [0.2, 0.25) is 0 Å². The highest BCUT2D eigenvalue weighted by Crippen LogP contribution is 2.25. The first-order valence-electron chi connectivity index (χ1n) is 8.28. The van der Waals surface area contributed by atoms with Crippen molar-refractivity contribution in [2.45, 2.75) is 44.8 Å². The van der Waals surface area contributed by atoms with Gasteiger partial charge in [-0.25, -0.2) is 13.6 Å². The molecule has 0 aliphatic heterocycles. The Kier molecular flexibility index (Phi) is 6.30. The highest BCUT2D eigenvalue weighted by Gasteiger charge is 2.34. The molecule has 1 saturated carbocycles. The first kappa shape index (κ1) is 19.1. The monoisotopic (exact) mass is 355 g/mol. The van der Waals surface area contributed by atoms with E-state index in [-0.39, 0.29) is 24.2 Å². The van der Waals surface area contributed by atoms with Crippen molar-refractivity contribution in [2.75, 3.05) is 13.1 Å². The van der Waals surface area contributed by atoms with E-state index in [4.69, 9.17) is 5.11 Å². The molecule has 0 aromatic heterocycles. The van der Waals surface area contributed by atoms with E-state index in [0.717, 1.165) is 12.1 Å². The molecule has 1 fully saturated rings. The third kappa shape index (κ3) is 5.12. The highest BCUT2D eigenvalue weighted by molar-refractivity contribution is 5.75. The van der Waals surface area contributed by atoms with Crippen molar-refractivity contribution in [1.29, 1.82) is 0 Å². The van der Waals surface area contributed by atoms with Gasteiger partial charge in [-0.2, -0.15) is 0 Å². The van der Waals surface area contributed by atoms with Crippen LogP contribution < -0.4 is 10.6 Å². The van der Waals surface area contributed by atoms with Crippen molar-refractivity contribution in [3.05, 3.63) is 35.4 Å². The maximum Gasteiger partial charge on any atom is 0.317 e. The molecule has 0 bridgehead atoms. The molecule has 0 heterocycles. The second kappa shape index (κ2) is 8.24. The Balaban J connectivity index is 1.79. The molecule has 0 saturated heterocycles. The molecule has 1 aliphatic rings. The standard InChI is InChI=1S/C17H23F2N3O3/c1-3-22(9-16(23)24)13-7-12(8-13)21-17(25)20-10(2)14-5-4-11(18)6-15(14)19/h4-6,10,12-13H,3,7-9H2,1-2H3,(H,23,24)(H2,20,21,25)/t10-,12?,13?/m1/s1. The van der Waals surface area contributed by atoms with Crippen LogP contribution in [0.3, 0.4) is 0 Å². The van der Waals surface area contributed by atoms with E-state index < -0.39 is 29.7 Å². The van der Waals surface area contributed by atoms with Gasteiger partial charge in [-0.15, -0.1) is 0 Å². The quantitative estimate of drug-likeness (QED) is 0.701. The molecule has 6 nitrogen and oxygen atoms in total. The number of hydrogen-bond donors (Lipinski definition) is 3. The highest BCUT2D eigenvalue weighted by atomic mass is 19.1. The molecule has 0 radical (unpaired) electrons. The van der Waals surface area contributed by atoms with E-state index in [2.05, 4.69) is 10.6 Å². The maximum absolute atomic E-state index is 13.7. The van der Waals surface area contributed by atoms with Crippen molar-refractivity contribution in [3.63, 3.8) is 0 Å². The minimum atomic E-state index is -0.869. The van der Waals surface area contributed by atoms with Crippen LogP contribution in [-0.2, 0) is 4.79 Å². The number of carbonyl (C=O) groups is 2. The summed E-state index contributed by atoms with van der Waals surface area (Å²) < 4.78 is 26.6. The van der Waals surface area contributed by atoms with Crippen LogP contribution in [0.15, 0.2) is 18.2 Å². The predicted molar refractivity (Wildman–Crippen MR) is 88.1 cm³/mol. The summed E-state index contributed by atoms with van der Waals surface area (Å²) in [5.41, 5.74) is 0.210. The lowest BCUT2D eigenvalue weighted by Crippen LogP contribution is -2.56. The van der Waals surface area contributed by atoms with Gasteiger partial charge in [0.25, 0.3) is 0 Å². The van der Waals surface area contributed by atoms with Gasteiger partial charge in [0.15, 0.2) is 0 Å². The molecule has 3 N–H and O–H groups in total. The number of carboxylic acid groups (broad SMARTS) is 1. The second-order valence-corrected chi connectivity index (χ2v) is 6.28. The molecule has 138 valence electrons. The molecular formula is C17H23F2N3O3. The zero-order chi connectivity index (χ0) is 18.6. The van der Waals surface area contributed by atoms with Crippen LogP contribution in [0.2, 0.25) is 0 Å². The number of urea groups is 1. The van der Waals surface area contributed by atoms with Crippen LogP contribution in [-0.4, -0.2) is 47.2 Å². The predicted octanol–water partition coefficient (Wildman–Crippen LogP) is 2.26. The van der Waals surface area contributed by atoms with Gasteiger partial charge in [0, 0.05) is 23.7 Å². The number of carbonyl (C=O) groups excluding carboxylic acids is 1. The number of carboxylic acids is 1. The number of nitrogens with zero attached hydrogens (tertiary/aromatic N) is 1. The Bertz CT molecular complexity index is 636. The third-order valence-corrected chi connectivity index (χ3v) is 4.49. The first-order chi connectivity index (χ1) is 11.8. The zero-order valence-corrected chi connectivity index (χ0v) is 14.3. The van der Waals surface area contributed by atoms with Gasteiger partial charge in [0.05, 0.1) is 12.6 Å². The number of benzene rings is 1. The molecule has 1 aromatic carbocycles. The minimum absolute atomic E-state index is 0.0129. The van der Waals surface area contributed by atoms with Crippen molar-refractivity contribution >= 4 is 12.0 Å². The number of amides is 2. The lowest BCUT2D eigenvalue weighted by Gasteiger charge is -2.42. The topological polar surface area (TPSA) is 81.7 Å². The Morgan fingerprint density at radius 1 is 1.36 bits per heavy atom. The van der Waals surface area contributed by atoms with Crippen LogP contribution in [0.1, 0.15) is 38.3 Å². The largest absolute Gasteiger partial charge is 0.480 e. The van der Waals surface area contributed by atoms with E-state index in [9.17, 15) is 18.4 Å². The first-order valence-corrected chi connectivity index (χ1v) is 8.28. The Hall–Kier alpha value is -2.22. The van der Waals surface area contributed by atoms with Crippen LogP contribution in [0, 0.1) is 11.6 Å². The summed E-state index contributed by atoms with van der Waals surface area (Å²) in [5.74, 6) is -2.24. The van der Waals surface area contributed by atoms with Crippen LogP contribution >= 0.6 is 0 Å². The van der Waals surface area contributed by atoms with Gasteiger partial charge in [-0.1, -0.05) is 13.0 Å². The summed E-state index contributed by atoms with van der Waals surface area (Å²) in [7, 11) is 0. The Morgan fingerprint density at radius 2 is 2.04 bits per heavy atom. The smallest absolute Gasteiger partial charge is 0.317 e. The van der Waals surface area contributed by atoms with Crippen LogP contribution in [0.5, 0.6) is 0 Å². The van der Waals surface area contributed by atoms with E-state index >= 15 is 0 Å². The fourth-order valence-electron chi connectivity index (χ4n) is 3.03. The number of hydrogen-bond acceptors (Lipinski definition) is 3. The summed E-state index contributed by atoms with van der Waals surface area (Å²) in [6, 6.07) is 2.30. The molecule has 2 amide bonds. The van der Waals surface area contributed by atoms with E-state index in [1.807, 2.05) is 11.8 Å². The molecular weight excluding hydrogens is 332 g/mol. The van der Waals surface area contributed by atoms with Gasteiger partial charge >= 0.3 is 12.0 Å². The van der Waals surface area contributed by atoms with Crippen molar-refractivity contribution < 1.29 is 23.5 Å². The molecule has 25 heavy (non-hydrogen) atoms. The van der Waals surface area contributed by atoms with Crippen molar-refractivity contribution in [2.24, 2.45) is 0 Å². The summed E-state index contributed by atoms with van der Waals surface area (Å²) >= 11 is 0. The Labute approximate surface area is 145 Å². The number of halogens is 2. The maximum atomic E-state index is 13.7. The van der Waals surface area contributed by atoms with Gasteiger partial charge in [-0.05, 0) is 32.4 Å². The minimum Gasteiger partial charge on any atom is -0.480 e. The van der Waals surface area contributed by atoms with Crippen LogP contribution in [0.4, 0.5) is 13.6 Å². The van der Waals surface area contributed by atoms with Crippen molar-refractivity contribution in [3.8, 4) is 0 Å². The van der Waals surface area contributed by atoms with Crippen molar-refractivity contribution in [1.82, 2.24) is 15.5 Å². The molecule has 1 aromatic rings.